The van der Waals surface area contributed by atoms with Crippen molar-refractivity contribution in [2.75, 3.05) is 6.54 Å². The zero-order valence-electron chi connectivity index (χ0n) is 15.1. The quantitative estimate of drug-likeness (QED) is 0.782. The average molecular weight is 362 g/mol. The smallest absolute Gasteiger partial charge is 0.317 e. The van der Waals surface area contributed by atoms with Gasteiger partial charge in [-0.15, -0.1) is 0 Å². The molecular weight excluding hydrogens is 334 g/mol. The van der Waals surface area contributed by atoms with Gasteiger partial charge in [-0.1, -0.05) is 36.9 Å². The maximum Gasteiger partial charge on any atom is 0.317 e. The Kier molecular flexibility index (Phi) is 4.81. The summed E-state index contributed by atoms with van der Waals surface area (Å²) in [6.45, 7) is 2.95. The van der Waals surface area contributed by atoms with Crippen molar-refractivity contribution in [3.8, 4) is 0 Å². The van der Waals surface area contributed by atoms with E-state index in [1.807, 2.05) is 6.92 Å². The largest absolute Gasteiger partial charge is 0.446 e. The van der Waals surface area contributed by atoms with Crippen molar-refractivity contribution in [3.05, 3.63) is 33.8 Å². The van der Waals surface area contributed by atoms with Gasteiger partial charge in [0.1, 0.15) is 0 Å². The molecule has 2 aliphatic carbocycles. The van der Waals surface area contributed by atoms with Gasteiger partial charge in [-0.25, -0.2) is 0 Å². The van der Waals surface area contributed by atoms with Crippen LogP contribution in [0.3, 0.4) is 0 Å². The molecule has 1 aliphatic heterocycles. The molecule has 136 valence electrons. The molecule has 4 heteroatoms. The normalized spacial score (nSPS) is 29.6. The van der Waals surface area contributed by atoms with Gasteiger partial charge < -0.3 is 4.74 Å². The van der Waals surface area contributed by atoms with Gasteiger partial charge in [-0.05, 0) is 80.7 Å². The van der Waals surface area contributed by atoms with Crippen LogP contribution in [-0.4, -0.2) is 18.7 Å². The van der Waals surface area contributed by atoms with Crippen LogP contribution in [0.2, 0.25) is 5.02 Å². The molecule has 0 radical (unpaired) electrons. The van der Waals surface area contributed by atoms with E-state index in [2.05, 4.69) is 17.4 Å². The third kappa shape index (κ3) is 3.21. The lowest BCUT2D eigenvalue weighted by Crippen LogP contribution is -2.38. The van der Waals surface area contributed by atoms with Crippen LogP contribution in [-0.2, 0) is 21.4 Å². The summed E-state index contributed by atoms with van der Waals surface area (Å²) < 4.78 is 5.75. The number of hydrogen-bond donors (Lipinski definition) is 1. The zero-order valence-corrected chi connectivity index (χ0v) is 15.8. The summed E-state index contributed by atoms with van der Waals surface area (Å²) in [6, 6.07) is 4.36. The molecule has 1 aromatic carbocycles. The molecule has 1 heterocycles. The van der Waals surface area contributed by atoms with E-state index in [-0.39, 0.29) is 12.2 Å². The van der Waals surface area contributed by atoms with E-state index in [9.17, 15) is 4.79 Å². The van der Waals surface area contributed by atoms with E-state index in [0.29, 0.717) is 5.92 Å². The van der Waals surface area contributed by atoms with Crippen molar-refractivity contribution in [2.45, 2.75) is 82.3 Å². The predicted molar refractivity (Wildman–Crippen MR) is 100 cm³/mol. The van der Waals surface area contributed by atoms with Crippen molar-refractivity contribution in [1.82, 2.24) is 5.32 Å². The van der Waals surface area contributed by atoms with Gasteiger partial charge in [0.2, 0.25) is 0 Å². The minimum absolute atomic E-state index is 0.105. The number of rotatable bonds is 3. The summed E-state index contributed by atoms with van der Waals surface area (Å²) in [6.07, 6.45) is 10.1. The summed E-state index contributed by atoms with van der Waals surface area (Å²) in [7, 11) is 0. The maximum absolute atomic E-state index is 12.9. The van der Waals surface area contributed by atoms with E-state index in [4.69, 9.17) is 16.3 Å². The Morgan fingerprint density at radius 3 is 2.72 bits per heavy atom. The molecule has 4 rings (SSSR count). The Labute approximate surface area is 155 Å². The standard InChI is InChI=1S/C21H28ClNO2/c1-21(20(24)25-19-8-5-11-23-19)10-9-15-12-16(18(22)13-17(15)21)14-6-3-2-4-7-14/h12-14,19,23H,2-11H2,1H3. The topological polar surface area (TPSA) is 38.3 Å². The van der Waals surface area contributed by atoms with Gasteiger partial charge in [-0.2, -0.15) is 0 Å². The van der Waals surface area contributed by atoms with Crippen molar-refractivity contribution < 1.29 is 9.53 Å². The summed E-state index contributed by atoms with van der Waals surface area (Å²) in [5.41, 5.74) is 3.12. The number of fused-ring (bicyclic) bond motifs is 1. The molecule has 0 bridgehead atoms. The molecule has 3 nitrogen and oxygen atoms in total. The van der Waals surface area contributed by atoms with Gasteiger partial charge in [0.25, 0.3) is 0 Å². The molecule has 1 N–H and O–H groups in total. The molecule has 0 amide bonds. The first kappa shape index (κ1) is 17.4. The number of ether oxygens (including phenoxy) is 1. The molecule has 25 heavy (non-hydrogen) atoms. The molecule has 3 aliphatic rings. The molecule has 2 atom stereocenters. The van der Waals surface area contributed by atoms with E-state index >= 15 is 0 Å². The molecule has 0 spiro atoms. The van der Waals surface area contributed by atoms with Gasteiger partial charge >= 0.3 is 5.97 Å². The lowest BCUT2D eigenvalue weighted by atomic mass is 9.80. The number of nitrogens with one attached hydrogen (secondary N) is 1. The van der Waals surface area contributed by atoms with Gasteiger partial charge in [0, 0.05) is 5.02 Å². The molecular formula is C21H28ClNO2. The van der Waals surface area contributed by atoms with Gasteiger partial charge in [0.15, 0.2) is 6.23 Å². The Bertz CT molecular complexity index is 662. The monoisotopic (exact) mass is 361 g/mol. The molecule has 0 aromatic heterocycles. The van der Waals surface area contributed by atoms with Crippen LogP contribution >= 0.6 is 11.6 Å². The minimum atomic E-state index is -0.561. The van der Waals surface area contributed by atoms with Crippen molar-refractivity contribution in [3.63, 3.8) is 0 Å². The second-order valence-corrected chi connectivity index (χ2v) is 8.60. The van der Waals surface area contributed by atoms with Crippen LogP contribution in [0.5, 0.6) is 0 Å². The maximum atomic E-state index is 12.9. The fraction of sp³-hybridized carbons (Fsp3) is 0.667. The van der Waals surface area contributed by atoms with Gasteiger partial charge in [0.05, 0.1) is 5.41 Å². The first-order valence-electron chi connectivity index (χ1n) is 9.85. The number of carbonyl (C=O) groups excluding carboxylic acids is 1. The fourth-order valence-corrected chi connectivity index (χ4v) is 5.15. The first-order valence-corrected chi connectivity index (χ1v) is 10.2. The van der Waals surface area contributed by atoms with Crippen LogP contribution in [0, 0.1) is 0 Å². The Morgan fingerprint density at radius 2 is 2.00 bits per heavy atom. The second-order valence-electron chi connectivity index (χ2n) is 8.19. The molecule has 1 aromatic rings. The van der Waals surface area contributed by atoms with E-state index < -0.39 is 5.41 Å². The van der Waals surface area contributed by atoms with E-state index in [0.717, 1.165) is 42.8 Å². The van der Waals surface area contributed by atoms with Crippen molar-refractivity contribution in [2.24, 2.45) is 0 Å². The lowest BCUT2D eigenvalue weighted by molar-refractivity contribution is -0.156. The number of aryl methyl sites for hydroxylation is 1. The SMILES string of the molecule is CC1(C(=O)OC2CCCN2)CCc2cc(C3CCCCC3)c(Cl)cc21. The summed E-state index contributed by atoms with van der Waals surface area (Å²) >= 11 is 6.68. The number of halogens is 1. The first-order chi connectivity index (χ1) is 12.1. The Morgan fingerprint density at radius 1 is 1.20 bits per heavy atom. The predicted octanol–water partition coefficient (Wildman–Crippen LogP) is 4.84. The highest BCUT2D eigenvalue weighted by Crippen LogP contribution is 2.45. The third-order valence-electron chi connectivity index (χ3n) is 6.47. The van der Waals surface area contributed by atoms with Crippen LogP contribution < -0.4 is 5.32 Å². The lowest BCUT2D eigenvalue weighted by Gasteiger charge is -2.27. The minimum Gasteiger partial charge on any atom is -0.446 e. The highest BCUT2D eigenvalue weighted by molar-refractivity contribution is 6.31. The highest BCUT2D eigenvalue weighted by atomic mass is 35.5. The molecule has 1 saturated heterocycles. The van der Waals surface area contributed by atoms with Crippen molar-refractivity contribution in [1.29, 1.82) is 0 Å². The molecule has 1 saturated carbocycles. The Balaban J connectivity index is 1.59. The molecule has 2 unspecified atom stereocenters. The number of benzene rings is 1. The highest BCUT2D eigenvalue weighted by Gasteiger charge is 2.44. The van der Waals surface area contributed by atoms with E-state index in [1.54, 1.807) is 0 Å². The molecule has 2 fully saturated rings. The Hall–Kier alpha value is -1.06. The zero-order chi connectivity index (χ0) is 17.4. The fourth-order valence-electron chi connectivity index (χ4n) is 4.83. The third-order valence-corrected chi connectivity index (χ3v) is 6.80. The van der Waals surface area contributed by atoms with Crippen LogP contribution in [0.15, 0.2) is 12.1 Å². The van der Waals surface area contributed by atoms with Gasteiger partial charge in [-0.3, -0.25) is 10.1 Å². The van der Waals surface area contributed by atoms with Crippen LogP contribution in [0.4, 0.5) is 0 Å². The number of carbonyl (C=O) groups is 1. The summed E-state index contributed by atoms with van der Waals surface area (Å²) in [5, 5.41) is 4.09. The van der Waals surface area contributed by atoms with Crippen molar-refractivity contribution >= 4 is 17.6 Å². The summed E-state index contributed by atoms with van der Waals surface area (Å²) in [5.74, 6) is 0.486. The van der Waals surface area contributed by atoms with E-state index in [1.165, 1.54) is 43.2 Å². The van der Waals surface area contributed by atoms with Crippen LogP contribution in [0.25, 0.3) is 0 Å². The number of hydrogen-bond acceptors (Lipinski definition) is 3. The second kappa shape index (κ2) is 6.92. The van der Waals surface area contributed by atoms with Crippen LogP contribution in [0.1, 0.15) is 80.9 Å². The average Bonchev–Trinajstić information content (AvgIpc) is 3.24. The summed E-state index contributed by atoms with van der Waals surface area (Å²) in [4.78, 5) is 12.9. The number of esters is 1.